The van der Waals surface area contributed by atoms with Crippen LogP contribution in [0, 0.1) is 6.92 Å². The maximum Gasteiger partial charge on any atom is 0.276 e. The summed E-state index contributed by atoms with van der Waals surface area (Å²) >= 11 is 1.30. The number of amides is 2. The van der Waals surface area contributed by atoms with Gasteiger partial charge >= 0.3 is 0 Å². The van der Waals surface area contributed by atoms with E-state index >= 15 is 0 Å². The van der Waals surface area contributed by atoms with Crippen molar-refractivity contribution in [3.8, 4) is 0 Å². The normalized spacial score (nSPS) is 12.0. The van der Waals surface area contributed by atoms with Crippen molar-refractivity contribution in [3.05, 3.63) is 59.3 Å². The standard InChI is InChI=1S/C20H21N3O2S/c1-4-13(3)21-19(24)14-10-9-12(2)16(11-14)22-20(25)18-15-7-5-6-8-17(15)26-23-18/h5-11,13H,4H2,1-3H3,(H,21,24)(H,22,25)/t13-/m1/s1. The summed E-state index contributed by atoms with van der Waals surface area (Å²) in [6.07, 6.45) is 0.859. The lowest BCUT2D eigenvalue weighted by Crippen LogP contribution is -2.32. The third-order valence-electron chi connectivity index (χ3n) is 4.33. The summed E-state index contributed by atoms with van der Waals surface area (Å²) in [6, 6.07) is 13.0. The zero-order chi connectivity index (χ0) is 18.7. The highest BCUT2D eigenvalue weighted by molar-refractivity contribution is 7.13. The molecule has 0 spiro atoms. The summed E-state index contributed by atoms with van der Waals surface area (Å²) in [5.74, 6) is -0.418. The number of fused-ring (bicyclic) bond motifs is 1. The first-order chi connectivity index (χ1) is 12.5. The highest BCUT2D eigenvalue weighted by Crippen LogP contribution is 2.24. The van der Waals surface area contributed by atoms with Crippen molar-refractivity contribution in [3.63, 3.8) is 0 Å². The molecule has 0 aliphatic heterocycles. The lowest BCUT2D eigenvalue weighted by atomic mass is 10.1. The van der Waals surface area contributed by atoms with Crippen molar-refractivity contribution >= 4 is 39.1 Å². The smallest absolute Gasteiger partial charge is 0.276 e. The first kappa shape index (κ1) is 18.1. The van der Waals surface area contributed by atoms with Gasteiger partial charge in [-0.05, 0) is 55.6 Å². The van der Waals surface area contributed by atoms with Crippen LogP contribution in [-0.4, -0.2) is 22.2 Å². The van der Waals surface area contributed by atoms with E-state index in [4.69, 9.17) is 0 Å². The predicted molar refractivity (Wildman–Crippen MR) is 106 cm³/mol. The second kappa shape index (κ2) is 7.66. The number of benzene rings is 2. The summed E-state index contributed by atoms with van der Waals surface area (Å²) in [6.45, 7) is 5.87. The second-order valence-electron chi connectivity index (χ2n) is 6.29. The molecular weight excluding hydrogens is 346 g/mol. The first-order valence-corrected chi connectivity index (χ1v) is 9.34. The van der Waals surface area contributed by atoms with Gasteiger partial charge in [0.25, 0.3) is 11.8 Å². The maximum atomic E-state index is 12.7. The van der Waals surface area contributed by atoms with Crippen LogP contribution >= 0.6 is 11.5 Å². The fourth-order valence-electron chi connectivity index (χ4n) is 2.54. The molecule has 6 heteroatoms. The van der Waals surface area contributed by atoms with Crippen molar-refractivity contribution < 1.29 is 9.59 Å². The van der Waals surface area contributed by atoms with Gasteiger partial charge in [-0.15, -0.1) is 0 Å². The molecule has 2 N–H and O–H groups in total. The van der Waals surface area contributed by atoms with Crippen LogP contribution in [0.5, 0.6) is 0 Å². The third kappa shape index (κ3) is 3.75. The lowest BCUT2D eigenvalue weighted by molar-refractivity contribution is 0.0938. The van der Waals surface area contributed by atoms with Gasteiger partial charge in [0.1, 0.15) is 5.69 Å². The number of nitrogens with zero attached hydrogens (tertiary/aromatic N) is 1. The Morgan fingerprint density at radius 2 is 1.92 bits per heavy atom. The molecule has 0 bridgehead atoms. The average Bonchev–Trinajstić information content (AvgIpc) is 3.07. The molecule has 1 atom stereocenters. The molecule has 0 saturated heterocycles. The van der Waals surface area contributed by atoms with Crippen molar-refractivity contribution in [2.24, 2.45) is 0 Å². The van der Waals surface area contributed by atoms with Gasteiger partial charge in [-0.25, -0.2) is 0 Å². The van der Waals surface area contributed by atoms with E-state index in [1.165, 1.54) is 11.5 Å². The largest absolute Gasteiger partial charge is 0.350 e. The Kier molecular flexibility index (Phi) is 5.32. The van der Waals surface area contributed by atoms with E-state index in [-0.39, 0.29) is 17.9 Å². The van der Waals surface area contributed by atoms with E-state index in [9.17, 15) is 9.59 Å². The van der Waals surface area contributed by atoms with Crippen molar-refractivity contribution in [2.75, 3.05) is 5.32 Å². The van der Waals surface area contributed by atoms with Crippen LogP contribution in [0.1, 0.15) is 46.7 Å². The third-order valence-corrected chi connectivity index (χ3v) is 5.16. The summed E-state index contributed by atoms with van der Waals surface area (Å²) in [7, 11) is 0. The fourth-order valence-corrected chi connectivity index (χ4v) is 3.31. The zero-order valence-corrected chi connectivity index (χ0v) is 15.8. The van der Waals surface area contributed by atoms with Crippen molar-refractivity contribution in [2.45, 2.75) is 33.2 Å². The topological polar surface area (TPSA) is 71.1 Å². The van der Waals surface area contributed by atoms with Gasteiger partial charge in [0.05, 0.1) is 4.70 Å². The molecule has 3 aromatic rings. The molecule has 2 aromatic carbocycles. The summed E-state index contributed by atoms with van der Waals surface area (Å²) in [4.78, 5) is 25.0. The SMILES string of the molecule is CC[C@@H](C)NC(=O)c1ccc(C)c(NC(=O)c2nsc3ccccc23)c1. The Morgan fingerprint density at radius 1 is 1.15 bits per heavy atom. The molecule has 2 amide bonds. The van der Waals surface area contributed by atoms with Crippen molar-refractivity contribution in [1.82, 2.24) is 9.69 Å². The van der Waals surface area contributed by atoms with E-state index in [1.54, 1.807) is 12.1 Å². The molecule has 0 saturated carbocycles. The molecule has 26 heavy (non-hydrogen) atoms. The molecular formula is C20H21N3O2S. The summed E-state index contributed by atoms with van der Waals surface area (Å²) in [5, 5.41) is 6.66. The summed E-state index contributed by atoms with van der Waals surface area (Å²) in [5.41, 5.74) is 2.43. The van der Waals surface area contributed by atoms with Gasteiger partial charge in [0, 0.05) is 22.7 Å². The van der Waals surface area contributed by atoms with Crippen LogP contribution in [0.3, 0.4) is 0 Å². The minimum absolute atomic E-state index is 0.100. The van der Waals surface area contributed by atoms with E-state index in [0.717, 1.165) is 22.1 Å². The van der Waals surface area contributed by atoms with Crippen LogP contribution in [0.15, 0.2) is 42.5 Å². The number of aromatic nitrogens is 1. The monoisotopic (exact) mass is 367 g/mol. The number of anilines is 1. The molecule has 0 aliphatic carbocycles. The lowest BCUT2D eigenvalue weighted by Gasteiger charge is -2.13. The van der Waals surface area contributed by atoms with Crippen LogP contribution in [0.4, 0.5) is 5.69 Å². The highest BCUT2D eigenvalue weighted by atomic mass is 32.1. The van der Waals surface area contributed by atoms with E-state index in [0.29, 0.717) is 16.9 Å². The molecule has 0 radical (unpaired) electrons. The Morgan fingerprint density at radius 3 is 2.69 bits per heavy atom. The number of carbonyl (C=O) groups excluding carboxylic acids is 2. The van der Waals surface area contributed by atoms with Crippen LogP contribution < -0.4 is 10.6 Å². The van der Waals surface area contributed by atoms with Crippen LogP contribution in [0.25, 0.3) is 10.1 Å². The number of nitrogens with one attached hydrogen (secondary N) is 2. The average molecular weight is 367 g/mol. The second-order valence-corrected chi connectivity index (χ2v) is 7.10. The van der Waals surface area contributed by atoms with Crippen molar-refractivity contribution in [1.29, 1.82) is 0 Å². The number of carbonyl (C=O) groups is 2. The number of hydrogen-bond acceptors (Lipinski definition) is 4. The Balaban J connectivity index is 1.84. The minimum Gasteiger partial charge on any atom is -0.350 e. The Hall–Kier alpha value is -2.73. The molecule has 5 nitrogen and oxygen atoms in total. The van der Waals surface area contributed by atoms with E-state index < -0.39 is 0 Å². The van der Waals surface area contributed by atoms with Gasteiger partial charge in [0.2, 0.25) is 0 Å². The van der Waals surface area contributed by atoms with Gasteiger partial charge in [-0.2, -0.15) is 4.37 Å². The Labute approximate surface area is 156 Å². The van der Waals surface area contributed by atoms with Gasteiger partial charge in [0.15, 0.2) is 0 Å². The molecule has 0 aliphatic rings. The van der Waals surface area contributed by atoms with Gasteiger partial charge in [-0.3, -0.25) is 9.59 Å². The number of aryl methyl sites for hydroxylation is 1. The van der Waals surface area contributed by atoms with E-state index in [2.05, 4.69) is 15.0 Å². The molecule has 0 unspecified atom stereocenters. The quantitative estimate of drug-likeness (QED) is 0.703. The Bertz CT molecular complexity index is 965. The molecule has 3 rings (SSSR count). The minimum atomic E-state index is -0.273. The number of hydrogen-bond donors (Lipinski definition) is 2. The van der Waals surface area contributed by atoms with Gasteiger partial charge < -0.3 is 10.6 Å². The van der Waals surface area contributed by atoms with Crippen LogP contribution in [-0.2, 0) is 0 Å². The highest BCUT2D eigenvalue weighted by Gasteiger charge is 2.16. The molecule has 134 valence electrons. The van der Waals surface area contributed by atoms with Gasteiger partial charge in [-0.1, -0.05) is 31.2 Å². The molecule has 0 fully saturated rings. The molecule has 1 heterocycles. The zero-order valence-electron chi connectivity index (χ0n) is 15.0. The first-order valence-electron chi connectivity index (χ1n) is 8.57. The number of rotatable bonds is 5. The van der Waals surface area contributed by atoms with Crippen LogP contribution in [0.2, 0.25) is 0 Å². The molecule has 1 aromatic heterocycles. The van der Waals surface area contributed by atoms with E-state index in [1.807, 2.05) is 51.1 Å². The fraction of sp³-hybridized carbons (Fsp3) is 0.250. The predicted octanol–water partition coefficient (Wildman–Crippen LogP) is 4.39. The maximum absolute atomic E-state index is 12.7. The summed E-state index contributed by atoms with van der Waals surface area (Å²) < 4.78 is 5.25.